The quantitative estimate of drug-likeness (QED) is 0.751. The van der Waals surface area contributed by atoms with Crippen LogP contribution in [0, 0.1) is 0 Å². The molecule has 1 aromatic heterocycles. The van der Waals surface area contributed by atoms with Gasteiger partial charge in [-0.1, -0.05) is 19.8 Å². The van der Waals surface area contributed by atoms with E-state index in [1.165, 1.54) is 10.6 Å². The van der Waals surface area contributed by atoms with Crippen LogP contribution in [0.1, 0.15) is 36.5 Å². The number of nitrogens with zero attached hydrogens (tertiary/aromatic N) is 1. The number of carboxylic acid groups (broad SMARTS) is 1. The van der Waals surface area contributed by atoms with Crippen molar-refractivity contribution >= 4 is 5.97 Å². The number of unbranched alkanes of at least 4 members (excludes halogenated alkanes) is 2. The summed E-state index contributed by atoms with van der Waals surface area (Å²) in [4.78, 5) is 22.3. The highest BCUT2D eigenvalue weighted by atomic mass is 16.4. The summed E-state index contributed by atoms with van der Waals surface area (Å²) in [5.74, 6) is -1.16. The van der Waals surface area contributed by atoms with Gasteiger partial charge in [0.25, 0.3) is 5.56 Å². The normalized spacial score (nSPS) is 10.2. The van der Waals surface area contributed by atoms with Gasteiger partial charge in [-0.05, 0) is 18.6 Å². The van der Waals surface area contributed by atoms with Crippen molar-refractivity contribution in [3.8, 4) is 0 Å². The third-order valence-corrected chi connectivity index (χ3v) is 2.25. The minimum Gasteiger partial charge on any atom is -0.477 e. The van der Waals surface area contributed by atoms with Gasteiger partial charge in [-0.3, -0.25) is 4.79 Å². The Morgan fingerprint density at radius 2 is 2.20 bits per heavy atom. The molecule has 0 bridgehead atoms. The number of aryl methyl sites for hydroxylation is 1. The Morgan fingerprint density at radius 3 is 2.80 bits per heavy atom. The lowest BCUT2D eigenvalue weighted by Gasteiger charge is -2.05. The molecule has 0 atom stereocenters. The molecule has 4 heteroatoms. The molecule has 0 spiro atoms. The zero-order chi connectivity index (χ0) is 11.3. The van der Waals surface area contributed by atoms with Crippen molar-refractivity contribution in [3.63, 3.8) is 0 Å². The number of aromatic nitrogens is 1. The molecule has 1 rings (SSSR count). The summed E-state index contributed by atoms with van der Waals surface area (Å²) >= 11 is 0. The minimum absolute atomic E-state index is 0.158. The van der Waals surface area contributed by atoms with Gasteiger partial charge in [-0.2, -0.15) is 0 Å². The molecular formula is C11H15NO3. The molecule has 1 aromatic rings. The molecule has 0 aliphatic heterocycles. The van der Waals surface area contributed by atoms with Crippen LogP contribution in [0.4, 0.5) is 0 Å². The Labute approximate surface area is 88.2 Å². The second-order valence-electron chi connectivity index (χ2n) is 3.43. The largest absolute Gasteiger partial charge is 0.477 e. The number of carboxylic acids is 1. The maximum Gasteiger partial charge on any atom is 0.341 e. The lowest BCUT2D eigenvalue weighted by Crippen LogP contribution is -2.25. The van der Waals surface area contributed by atoms with E-state index < -0.39 is 11.5 Å². The van der Waals surface area contributed by atoms with Crippen LogP contribution >= 0.6 is 0 Å². The zero-order valence-corrected chi connectivity index (χ0v) is 8.77. The highest BCUT2D eigenvalue weighted by Gasteiger charge is 2.09. The van der Waals surface area contributed by atoms with Crippen molar-refractivity contribution in [2.24, 2.45) is 0 Å². The van der Waals surface area contributed by atoms with E-state index in [1.807, 2.05) is 0 Å². The summed E-state index contributed by atoms with van der Waals surface area (Å²) in [6.45, 7) is 2.67. The van der Waals surface area contributed by atoms with E-state index in [0.717, 1.165) is 19.3 Å². The molecule has 1 N–H and O–H groups in total. The van der Waals surface area contributed by atoms with Crippen LogP contribution in [0.5, 0.6) is 0 Å². The first-order valence-electron chi connectivity index (χ1n) is 5.09. The number of pyridine rings is 1. The summed E-state index contributed by atoms with van der Waals surface area (Å²) < 4.78 is 1.46. The highest BCUT2D eigenvalue weighted by molar-refractivity contribution is 5.86. The Balaban J connectivity index is 2.85. The fourth-order valence-electron chi connectivity index (χ4n) is 1.41. The molecule has 0 aliphatic carbocycles. The van der Waals surface area contributed by atoms with E-state index in [2.05, 4.69) is 6.92 Å². The molecule has 0 saturated heterocycles. The minimum atomic E-state index is -1.16. The molecule has 1 heterocycles. The second kappa shape index (κ2) is 5.34. The highest BCUT2D eigenvalue weighted by Crippen LogP contribution is 1.98. The van der Waals surface area contributed by atoms with Gasteiger partial charge < -0.3 is 9.67 Å². The standard InChI is InChI=1S/C11H15NO3/c1-2-3-4-7-12-8-5-6-9(10(12)13)11(14)15/h5-6,8H,2-4,7H2,1H3,(H,14,15). The van der Waals surface area contributed by atoms with Gasteiger partial charge in [-0.25, -0.2) is 4.79 Å². The molecule has 0 unspecified atom stereocenters. The maximum absolute atomic E-state index is 11.6. The topological polar surface area (TPSA) is 59.3 Å². The second-order valence-corrected chi connectivity index (χ2v) is 3.43. The van der Waals surface area contributed by atoms with Crippen LogP contribution in [0.3, 0.4) is 0 Å². The molecular weight excluding hydrogens is 194 g/mol. The van der Waals surface area contributed by atoms with E-state index in [1.54, 1.807) is 12.3 Å². The fraction of sp³-hybridized carbons (Fsp3) is 0.455. The monoisotopic (exact) mass is 209 g/mol. The zero-order valence-electron chi connectivity index (χ0n) is 8.77. The lowest BCUT2D eigenvalue weighted by atomic mass is 10.2. The van der Waals surface area contributed by atoms with Gasteiger partial charge in [0, 0.05) is 12.7 Å². The summed E-state index contributed by atoms with van der Waals surface area (Å²) in [5.41, 5.74) is -0.574. The first kappa shape index (κ1) is 11.5. The van der Waals surface area contributed by atoms with Gasteiger partial charge >= 0.3 is 5.97 Å². The molecule has 15 heavy (non-hydrogen) atoms. The van der Waals surface area contributed by atoms with Gasteiger partial charge in [0.2, 0.25) is 0 Å². The van der Waals surface area contributed by atoms with E-state index in [-0.39, 0.29) is 5.56 Å². The first-order chi connectivity index (χ1) is 7.16. The Hall–Kier alpha value is -1.58. The summed E-state index contributed by atoms with van der Waals surface area (Å²) in [6.07, 6.45) is 4.65. The average molecular weight is 209 g/mol. The SMILES string of the molecule is CCCCCn1cccc(C(=O)O)c1=O. The molecule has 4 nitrogen and oxygen atoms in total. The van der Waals surface area contributed by atoms with Crippen LogP contribution in [0.2, 0.25) is 0 Å². The number of hydrogen-bond acceptors (Lipinski definition) is 2. The third-order valence-electron chi connectivity index (χ3n) is 2.25. The van der Waals surface area contributed by atoms with Crippen LogP contribution in [-0.4, -0.2) is 15.6 Å². The van der Waals surface area contributed by atoms with Crippen LogP contribution in [0.15, 0.2) is 23.1 Å². The van der Waals surface area contributed by atoms with Crippen LogP contribution < -0.4 is 5.56 Å². The van der Waals surface area contributed by atoms with Crippen molar-refractivity contribution < 1.29 is 9.90 Å². The van der Waals surface area contributed by atoms with Crippen molar-refractivity contribution in [2.45, 2.75) is 32.7 Å². The van der Waals surface area contributed by atoms with E-state index >= 15 is 0 Å². The predicted molar refractivity (Wildman–Crippen MR) is 57.2 cm³/mol. The van der Waals surface area contributed by atoms with Gasteiger partial charge in [0.05, 0.1) is 0 Å². The molecule has 0 aromatic carbocycles. The fourth-order valence-corrected chi connectivity index (χ4v) is 1.41. The third kappa shape index (κ3) is 2.94. The van der Waals surface area contributed by atoms with E-state index in [4.69, 9.17) is 5.11 Å². The average Bonchev–Trinajstić information content (AvgIpc) is 2.20. The summed E-state index contributed by atoms with van der Waals surface area (Å²) in [6, 6.07) is 2.93. The Bertz CT molecular complexity index is 395. The Morgan fingerprint density at radius 1 is 1.47 bits per heavy atom. The Kier molecular flexibility index (Phi) is 4.09. The van der Waals surface area contributed by atoms with Gasteiger partial charge in [0.15, 0.2) is 0 Å². The maximum atomic E-state index is 11.6. The van der Waals surface area contributed by atoms with Crippen LogP contribution in [0.25, 0.3) is 0 Å². The molecule has 0 radical (unpaired) electrons. The number of aromatic carboxylic acids is 1. The van der Waals surface area contributed by atoms with Gasteiger partial charge in [-0.15, -0.1) is 0 Å². The molecule has 0 aliphatic rings. The van der Waals surface area contributed by atoms with E-state index in [0.29, 0.717) is 6.54 Å². The van der Waals surface area contributed by atoms with Crippen molar-refractivity contribution in [2.75, 3.05) is 0 Å². The predicted octanol–water partition coefficient (Wildman–Crippen LogP) is 1.74. The molecule has 0 saturated carbocycles. The first-order valence-corrected chi connectivity index (χ1v) is 5.09. The van der Waals surface area contributed by atoms with Gasteiger partial charge in [0.1, 0.15) is 5.56 Å². The molecule has 0 fully saturated rings. The number of hydrogen-bond donors (Lipinski definition) is 1. The van der Waals surface area contributed by atoms with Crippen LogP contribution in [-0.2, 0) is 6.54 Å². The molecule has 0 amide bonds. The number of rotatable bonds is 5. The summed E-state index contributed by atoms with van der Waals surface area (Å²) in [5, 5.41) is 8.75. The van der Waals surface area contributed by atoms with Crippen molar-refractivity contribution in [1.82, 2.24) is 4.57 Å². The number of carbonyl (C=O) groups is 1. The summed E-state index contributed by atoms with van der Waals surface area (Å²) in [7, 11) is 0. The molecule has 82 valence electrons. The van der Waals surface area contributed by atoms with E-state index in [9.17, 15) is 9.59 Å². The van der Waals surface area contributed by atoms with Crippen molar-refractivity contribution in [1.29, 1.82) is 0 Å². The van der Waals surface area contributed by atoms with Crippen molar-refractivity contribution in [3.05, 3.63) is 34.2 Å². The lowest BCUT2D eigenvalue weighted by molar-refractivity contribution is 0.0694. The smallest absolute Gasteiger partial charge is 0.341 e.